The Morgan fingerprint density at radius 3 is 2.78 bits per heavy atom. The molecule has 0 bridgehead atoms. The molecule has 0 heterocycles. The van der Waals surface area contributed by atoms with Gasteiger partial charge in [0, 0.05) is 0 Å². The molecule has 1 heteroatoms. The molecule has 1 nitrogen and oxygen atoms in total. The molecule has 100 valence electrons. The highest BCUT2D eigenvalue weighted by atomic mass is 16.3. The summed E-state index contributed by atoms with van der Waals surface area (Å²) in [5, 5.41) is 10.7. The van der Waals surface area contributed by atoms with Gasteiger partial charge in [0.25, 0.3) is 0 Å². The van der Waals surface area contributed by atoms with Crippen molar-refractivity contribution in [3.8, 4) is 0 Å². The van der Waals surface area contributed by atoms with Gasteiger partial charge in [0.2, 0.25) is 0 Å². The Morgan fingerprint density at radius 2 is 2.06 bits per heavy atom. The van der Waals surface area contributed by atoms with Crippen LogP contribution in [0, 0.1) is 0 Å². The summed E-state index contributed by atoms with van der Waals surface area (Å²) in [6.07, 6.45) is 7.54. The molecule has 1 N–H and O–H groups in total. The summed E-state index contributed by atoms with van der Waals surface area (Å²) in [5.41, 5.74) is 2.54. The minimum atomic E-state index is -0.454. The van der Waals surface area contributed by atoms with Crippen LogP contribution in [-0.2, 0) is 6.42 Å². The minimum absolute atomic E-state index is 0.454. The third-order valence-electron chi connectivity index (χ3n) is 4.49. The Balaban J connectivity index is 2.15. The zero-order chi connectivity index (χ0) is 13.0. The van der Waals surface area contributed by atoms with Gasteiger partial charge >= 0.3 is 0 Å². The lowest BCUT2D eigenvalue weighted by Crippen LogP contribution is -2.31. The topological polar surface area (TPSA) is 20.2 Å². The van der Waals surface area contributed by atoms with E-state index in [1.807, 2.05) is 0 Å². The zero-order valence-electron chi connectivity index (χ0n) is 11.8. The molecule has 1 aromatic rings. The third-order valence-corrected chi connectivity index (χ3v) is 4.49. The molecule has 18 heavy (non-hydrogen) atoms. The Bertz CT molecular complexity index is 385. The summed E-state index contributed by atoms with van der Waals surface area (Å²) in [7, 11) is 0. The van der Waals surface area contributed by atoms with E-state index >= 15 is 0 Å². The number of rotatable bonds is 5. The van der Waals surface area contributed by atoms with E-state index in [1.165, 1.54) is 30.4 Å². The van der Waals surface area contributed by atoms with Gasteiger partial charge in [0.1, 0.15) is 0 Å². The number of fused-ring (bicyclic) bond motifs is 1. The Morgan fingerprint density at radius 1 is 1.28 bits per heavy atom. The second-order valence-corrected chi connectivity index (χ2v) is 5.82. The van der Waals surface area contributed by atoms with Gasteiger partial charge in [-0.1, -0.05) is 44.5 Å². The maximum Gasteiger partial charge on any atom is 0.0651 e. The van der Waals surface area contributed by atoms with Crippen LogP contribution in [0.3, 0.4) is 0 Å². The van der Waals surface area contributed by atoms with E-state index < -0.39 is 5.60 Å². The van der Waals surface area contributed by atoms with Gasteiger partial charge in [-0.15, -0.1) is 0 Å². The zero-order valence-corrected chi connectivity index (χ0v) is 11.8. The Hall–Kier alpha value is -0.820. The van der Waals surface area contributed by atoms with Crippen molar-refractivity contribution >= 4 is 0 Å². The molecule has 0 saturated heterocycles. The largest absolute Gasteiger partial charge is 0.390 e. The van der Waals surface area contributed by atoms with Crippen LogP contribution >= 0.6 is 0 Å². The minimum Gasteiger partial charge on any atom is -0.390 e. The Kier molecular flexibility index (Phi) is 4.45. The molecule has 0 spiro atoms. The van der Waals surface area contributed by atoms with Crippen molar-refractivity contribution in [1.82, 2.24) is 0 Å². The van der Waals surface area contributed by atoms with E-state index in [0.717, 1.165) is 25.7 Å². The first-order chi connectivity index (χ1) is 8.68. The standard InChI is InChI=1S/C17H26O/c1-3-12-17(18,4-2)13-15-10-7-9-14-8-5-6-11-16(14)15/h5-6,8,11,15,18H,3-4,7,9-10,12-13H2,1-2H3. The van der Waals surface area contributed by atoms with Crippen molar-refractivity contribution in [2.45, 2.75) is 70.3 Å². The Labute approximate surface area is 111 Å². The van der Waals surface area contributed by atoms with Crippen LogP contribution in [0.4, 0.5) is 0 Å². The molecule has 2 rings (SSSR count). The third kappa shape index (κ3) is 2.95. The fourth-order valence-electron chi connectivity index (χ4n) is 3.41. The van der Waals surface area contributed by atoms with Gasteiger partial charge in [-0.3, -0.25) is 0 Å². The van der Waals surface area contributed by atoms with E-state index in [9.17, 15) is 5.11 Å². The summed E-state index contributed by atoms with van der Waals surface area (Å²) in [6.45, 7) is 4.28. The molecule has 2 atom stereocenters. The van der Waals surface area contributed by atoms with Crippen molar-refractivity contribution in [3.63, 3.8) is 0 Å². The molecule has 1 aliphatic carbocycles. The van der Waals surface area contributed by atoms with Crippen LogP contribution in [0.15, 0.2) is 24.3 Å². The maximum absolute atomic E-state index is 10.7. The van der Waals surface area contributed by atoms with E-state index in [0.29, 0.717) is 5.92 Å². The molecule has 0 amide bonds. The van der Waals surface area contributed by atoms with Crippen molar-refractivity contribution in [2.75, 3.05) is 0 Å². The second kappa shape index (κ2) is 5.88. The average molecular weight is 246 g/mol. The fourth-order valence-corrected chi connectivity index (χ4v) is 3.41. The quantitative estimate of drug-likeness (QED) is 0.814. The van der Waals surface area contributed by atoms with Crippen LogP contribution in [0.2, 0.25) is 0 Å². The fraction of sp³-hybridized carbons (Fsp3) is 0.647. The molecule has 1 aromatic carbocycles. The van der Waals surface area contributed by atoms with Crippen molar-refractivity contribution < 1.29 is 5.11 Å². The highest BCUT2D eigenvalue weighted by molar-refractivity contribution is 5.32. The monoisotopic (exact) mass is 246 g/mol. The molecular weight excluding hydrogens is 220 g/mol. The van der Waals surface area contributed by atoms with Gasteiger partial charge < -0.3 is 5.11 Å². The number of hydrogen-bond donors (Lipinski definition) is 1. The summed E-state index contributed by atoms with van der Waals surface area (Å²) in [5.74, 6) is 0.562. The highest BCUT2D eigenvalue weighted by Crippen LogP contribution is 2.39. The van der Waals surface area contributed by atoms with Crippen LogP contribution in [0.25, 0.3) is 0 Å². The lowest BCUT2D eigenvalue weighted by atomic mass is 9.75. The summed E-state index contributed by atoms with van der Waals surface area (Å²) in [6, 6.07) is 8.80. The highest BCUT2D eigenvalue weighted by Gasteiger charge is 2.30. The van der Waals surface area contributed by atoms with Gasteiger partial charge in [-0.25, -0.2) is 0 Å². The number of aliphatic hydroxyl groups is 1. The van der Waals surface area contributed by atoms with E-state index in [4.69, 9.17) is 0 Å². The van der Waals surface area contributed by atoms with E-state index in [2.05, 4.69) is 38.1 Å². The van der Waals surface area contributed by atoms with Crippen molar-refractivity contribution in [3.05, 3.63) is 35.4 Å². The molecule has 0 radical (unpaired) electrons. The predicted octanol–water partition coefficient (Wildman–Crippen LogP) is 4.44. The number of aryl methyl sites for hydroxylation is 1. The van der Waals surface area contributed by atoms with Gasteiger partial charge in [0.05, 0.1) is 5.60 Å². The first-order valence-electron chi connectivity index (χ1n) is 7.48. The lowest BCUT2D eigenvalue weighted by molar-refractivity contribution is 0.00992. The van der Waals surface area contributed by atoms with Crippen molar-refractivity contribution in [2.24, 2.45) is 0 Å². The summed E-state index contributed by atoms with van der Waals surface area (Å²) < 4.78 is 0. The molecular formula is C17H26O. The summed E-state index contributed by atoms with van der Waals surface area (Å²) in [4.78, 5) is 0. The maximum atomic E-state index is 10.7. The SMILES string of the molecule is CCCC(O)(CC)CC1CCCc2ccccc21. The second-order valence-electron chi connectivity index (χ2n) is 5.82. The molecule has 1 aliphatic rings. The first-order valence-corrected chi connectivity index (χ1v) is 7.48. The van der Waals surface area contributed by atoms with E-state index in [1.54, 1.807) is 0 Å². The van der Waals surface area contributed by atoms with Crippen LogP contribution in [0.5, 0.6) is 0 Å². The van der Waals surface area contributed by atoms with E-state index in [-0.39, 0.29) is 0 Å². The van der Waals surface area contributed by atoms with Crippen LogP contribution in [0.1, 0.15) is 69.4 Å². The van der Waals surface area contributed by atoms with Crippen molar-refractivity contribution in [1.29, 1.82) is 0 Å². The number of hydrogen-bond acceptors (Lipinski definition) is 1. The van der Waals surface area contributed by atoms with Crippen LogP contribution < -0.4 is 0 Å². The molecule has 0 aliphatic heterocycles. The first kappa shape index (κ1) is 13.6. The molecule has 2 unspecified atom stereocenters. The normalized spacial score (nSPS) is 22.3. The predicted molar refractivity (Wildman–Crippen MR) is 76.9 cm³/mol. The van der Waals surface area contributed by atoms with Gasteiger partial charge in [-0.05, 0) is 55.6 Å². The van der Waals surface area contributed by atoms with Gasteiger partial charge in [-0.2, -0.15) is 0 Å². The molecule has 0 fully saturated rings. The lowest BCUT2D eigenvalue weighted by Gasteiger charge is -2.34. The smallest absolute Gasteiger partial charge is 0.0651 e. The summed E-state index contributed by atoms with van der Waals surface area (Å²) >= 11 is 0. The molecule has 0 saturated carbocycles. The number of benzene rings is 1. The van der Waals surface area contributed by atoms with Crippen LogP contribution in [-0.4, -0.2) is 10.7 Å². The van der Waals surface area contributed by atoms with Gasteiger partial charge in [0.15, 0.2) is 0 Å². The average Bonchev–Trinajstić information content (AvgIpc) is 2.39. The molecule has 0 aromatic heterocycles.